The van der Waals surface area contributed by atoms with Gasteiger partial charge in [-0.3, -0.25) is 4.79 Å². The highest BCUT2D eigenvalue weighted by Crippen LogP contribution is 2.30. The summed E-state index contributed by atoms with van der Waals surface area (Å²) in [6, 6.07) is 7.06. The van der Waals surface area contributed by atoms with E-state index in [-0.39, 0.29) is 17.8 Å². The fraction of sp³-hybridized carbons (Fsp3) is 0.217. The first-order chi connectivity index (χ1) is 15.3. The molecule has 2 aromatic rings. The van der Waals surface area contributed by atoms with E-state index in [1.807, 2.05) is 13.8 Å². The third-order valence-corrected chi connectivity index (χ3v) is 5.02. The van der Waals surface area contributed by atoms with Crippen LogP contribution in [0.5, 0.6) is 0 Å². The van der Waals surface area contributed by atoms with Gasteiger partial charge in [-0.1, -0.05) is 18.2 Å². The molecule has 0 saturated heterocycles. The van der Waals surface area contributed by atoms with Crippen LogP contribution in [0, 0.1) is 13.8 Å². The Kier molecular flexibility index (Phi) is 6.58. The van der Waals surface area contributed by atoms with Crippen LogP contribution >= 0.6 is 0 Å². The van der Waals surface area contributed by atoms with Crippen LogP contribution in [0.3, 0.4) is 0 Å². The van der Waals surface area contributed by atoms with E-state index < -0.39 is 17.9 Å². The van der Waals surface area contributed by atoms with Crippen LogP contribution < -0.4 is 4.90 Å². The summed E-state index contributed by atoms with van der Waals surface area (Å²) in [5.74, 6) is -1.90. The summed E-state index contributed by atoms with van der Waals surface area (Å²) in [6.45, 7) is 3.38. The lowest BCUT2D eigenvalue weighted by Gasteiger charge is -2.23. The second-order valence-electron chi connectivity index (χ2n) is 6.95. The Hall–Kier alpha value is -4.14. The van der Waals surface area contributed by atoms with E-state index in [2.05, 4.69) is 4.98 Å². The highest BCUT2D eigenvalue weighted by atomic mass is 16.5. The molecule has 2 heterocycles. The van der Waals surface area contributed by atoms with Crippen LogP contribution in [0.1, 0.15) is 11.4 Å². The average Bonchev–Trinajstić information content (AvgIpc) is 2.96. The molecule has 0 amide bonds. The number of imidazole rings is 1. The quantitative estimate of drug-likeness (QED) is 0.687. The van der Waals surface area contributed by atoms with Crippen LogP contribution in [0.15, 0.2) is 60.0 Å². The number of carbonyl (C=O) groups excluding carboxylic acids is 2. The number of rotatable bonds is 6. The molecule has 0 fully saturated rings. The van der Waals surface area contributed by atoms with Gasteiger partial charge < -0.3 is 24.0 Å². The van der Waals surface area contributed by atoms with E-state index in [0.29, 0.717) is 22.8 Å². The van der Waals surface area contributed by atoms with E-state index in [1.54, 1.807) is 47.2 Å². The largest absolute Gasteiger partial charge is 0.480 e. The van der Waals surface area contributed by atoms with Crippen molar-refractivity contribution in [3.63, 3.8) is 0 Å². The van der Waals surface area contributed by atoms with Crippen molar-refractivity contribution in [1.29, 1.82) is 0 Å². The molecule has 0 spiro atoms. The number of carboxylic acid groups (broad SMARTS) is 1. The zero-order valence-corrected chi connectivity index (χ0v) is 18.2. The molecule has 1 aliphatic heterocycles. The fourth-order valence-corrected chi connectivity index (χ4v) is 3.36. The second kappa shape index (κ2) is 9.34. The number of hydrogen-bond donors (Lipinski definition) is 1. The number of carboxylic acids is 1. The number of anilines is 1. The number of carbonyl (C=O) groups is 3. The fourth-order valence-electron chi connectivity index (χ4n) is 3.36. The van der Waals surface area contributed by atoms with Gasteiger partial charge in [0.05, 0.1) is 25.5 Å². The normalized spacial score (nSPS) is 13.2. The number of hydrogen-bond acceptors (Lipinski definition) is 7. The average molecular weight is 437 g/mol. The summed E-state index contributed by atoms with van der Waals surface area (Å²) in [7, 11) is 2.46. The van der Waals surface area contributed by atoms with Gasteiger partial charge in [-0.15, -0.1) is 0 Å². The predicted molar refractivity (Wildman–Crippen MR) is 117 cm³/mol. The maximum atomic E-state index is 12.6. The molecule has 166 valence electrons. The number of methoxy groups -OCH3 is 2. The van der Waals surface area contributed by atoms with E-state index in [0.717, 1.165) is 5.69 Å². The van der Waals surface area contributed by atoms with Gasteiger partial charge in [-0.05, 0) is 38.1 Å². The van der Waals surface area contributed by atoms with E-state index in [4.69, 9.17) is 9.47 Å². The molecular formula is C23H23N3O6. The van der Waals surface area contributed by atoms with Crippen molar-refractivity contribution in [2.75, 3.05) is 19.1 Å². The third kappa shape index (κ3) is 4.31. The Labute approximate surface area is 184 Å². The molecule has 0 unspecified atom stereocenters. The third-order valence-electron chi connectivity index (χ3n) is 5.02. The van der Waals surface area contributed by atoms with Gasteiger partial charge >= 0.3 is 17.9 Å². The van der Waals surface area contributed by atoms with Crippen molar-refractivity contribution in [2.24, 2.45) is 0 Å². The van der Waals surface area contributed by atoms with Crippen LogP contribution in [0.25, 0.3) is 11.4 Å². The first kappa shape index (κ1) is 22.5. The lowest BCUT2D eigenvalue weighted by molar-refractivity contribution is -0.139. The number of nitrogens with zero attached hydrogens (tertiary/aromatic N) is 3. The van der Waals surface area contributed by atoms with Gasteiger partial charge in [-0.25, -0.2) is 14.6 Å². The predicted octanol–water partition coefficient (Wildman–Crippen LogP) is 2.74. The monoisotopic (exact) mass is 437 g/mol. The van der Waals surface area contributed by atoms with E-state index >= 15 is 0 Å². The molecule has 0 aliphatic carbocycles. The van der Waals surface area contributed by atoms with Gasteiger partial charge in [0.15, 0.2) is 0 Å². The maximum Gasteiger partial charge on any atom is 0.355 e. The molecule has 1 aromatic carbocycles. The van der Waals surface area contributed by atoms with Crippen molar-refractivity contribution in [1.82, 2.24) is 9.55 Å². The lowest BCUT2D eigenvalue weighted by Crippen LogP contribution is -2.27. The van der Waals surface area contributed by atoms with Crippen molar-refractivity contribution in [2.45, 2.75) is 20.4 Å². The number of aliphatic carboxylic acids is 1. The number of aromatic nitrogens is 2. The standard InChI is InChI=1S/C23H23N3O6/c1-14-15(2)26(13-19(27)28)21(24-14)16-8-7-9-17(12-16)25-11-6-5-10-18(22(29)31-3)20(25)23(30)32-4/h5-12H,13H2,1-4H3,(H,27,28). The minimum Gasteiger partial charge on any atom is -0.480 e. The van der Waals surface area contributed by atoms with E-state index in [1.165, 1.54) is 25.2 Å². The van der Waals surface area contributed by atoms with Crippen LogP contribution in [0.4, 0.5) is 5.69 Å². The molecule has 0 radical (unpaired) electrons. The summed E-state index contributed by atoms with van der Waals surface area (Å²) in [6.07, 6.45) is 6.39. The molecular weight excluding hydrogens is 414 g/mol. The summed E-state index contributed by atoms with van der Waals surface area (Å²) in [5.41, 5.74) is 2.68. The topological polar surface area (TPSA) is 111 Å². The number of esters is 2. The molecule has 9 heteroatoms. The second-order valence-corrected chi connectivity index (χ2v) is 6.95. The summed E-state index contributed by atoms with van der Waals surface area (Å²) >= 11 is 0. The Morgan fingerprint density at radius 3 is 2.44 bits per heavy atom. The number of benzene rings is 1. The van der Waals surface area contributed by atoms with Crippen LogP contribution in [0.2, 0.25) is 0 Å². The molecule has 1 aromatic heterocycles. The zero-order valence-electron chi connectivity index (χ0n) is 18.2. The van der Waals surface area contributed by atoms with Crippen molar-refractivity contribution < 1.29 is 29.0 Å². The zero-order chi connectivity index (χ0) is 23.4. The van der Waals surface area contributed by atoms with Gasteiger partial charge in [0.2, 0.25) is 0 Å². The van der Waals surface area contributed by atoms with Crippen molar-refractivity contribution in [3.8, 4) is 11.4 Å². The minimum absolute atomic E-state index is 0.0114. The SMILES string of the molecule is COC(=O)C1=C(C(=O)OC)N(c2cccc(-c3nc(C)c(C)n3CC(=O)O)c2)C=CC=C1. The summed E-state index contributed by atoms with van der Waals surface area (Å²) in [5, 5.41) is 9.31. The van der Waals surface area contributed by atoms with Crippen molar-refractivity contribution in [3.05, 3.63) is 71.4 Å². The molecule has 1 aliphatic rings. The van der Waals surface area contributed by atoms with Gasteiger partial charge in [0.1, 0.15) is 18.1 Å². The van der Waals surface area contributed by atoms with Crippen LogP contribution in [-0.2, 0) is 30.4 Å². The van der Waals surface area contributed by atoms with Gasteiger partial charge in [0, 0.05) is 23.1 Å². The first-order valence-corrected chi connectivity index (χ1v) is 9.69. The molecule has 3 rings (SSSR count). The molecule has 0 saturated carbocycles. The molecule has 0 atom stereocenters. The van der Waals surface area contributed by atoms with Crippen LogP contribution in [-0.4, -0.2) is 46.8 Å². The molecule has 0 bridgehead atoms. The Bertz CT molecular complexity index is 1170. The molecule has 32 heavy (non-hydrogen) atoms. The number of ether oxygens (including phenoxy) is 2. The van der Waals surface area contributed by atoms with Gasteiger partial charge in [0.25, 0.3) is 0 Å². The highest BCUT2D eigenvalue weighted by Gasteiger charge is 2.28. The van der Waals surface area contributed by atoms with Gasteiger partial charge in [-0.2, -0.15) is 0 Å². The molecule has 1 N–H and O–H groups in total. The smallest absolute Gasteiger partial charge is 0.355 e. The number of aryl methyl sites for hydroxylation is 1. The lowest BCUT2D eigenvalue weighted by atomic mass is 10.1. The summed E-state index contributed by atoms with van der Waals surface area (Å²) in [4.78, 5) is 42.4. The Morgan fingerprint density at radius 1 is 1.06 bits per heavy atom. The minimum atomic E-state index is -0.983. The Balaban J connectivity index is 2.17. The van der Waals surface area contributed by atoms with E-state index in [9.17, 15) is 19.5 Å². The first-order valence-electron chi connectivity index (χ1n) is 9.69. The maximum absolute atomic E-state index is 12.6. The summed E-state index contributed by atoms with van der Waals surface area (Å²) < 4.78 is 11.4. The Morgan fingerprint density at radius 2 is 1.78 bits per heavy atom. The number of allylic oxidation sites excluding steroid dienone is 2. The molecule has 9 nitrogen and oxygen atoms in total. The highest BCUT2D eigenvalue weighted by molar-refractivity contribution is 6.05. The van der Waals surface area contributed by atoms with Crippen molar-refractivity contribution >= 4 is 23.6 Å².